The van der Waals surface area contributed by atoms with Gasteiger partial charge in [-0.3, -0.25) is 0 Å². The average molecular weight is 338 g/mol. The number of halogens is 1. The SMILES string of the molecule is CCCCCC[N+](C)(CCCCC)CCCCO.[Br-]. The number of rotatable bonds is 13. The predicted molar refractivity (Wildman–Crippen MR) is 80.8 cm³/mol. The van der Waals surface area contributed by atoms with Crippen molar-refractivity contribution in [2.75, 3.05) is 33.3 Å². The van der Waals surface area contributed by atoms with Crippen LogP contribution in [0.15, 0.2) is 0 Å². The van der Waals surface area contributed by atoms with E-state index in [1.165, 1.54) is 75.5 Å². The second-order valence-electron chi connectivity index (χ2n) is 5.99. The van der Waals surface area contributed by atoms with E-state index < -0.39 is 0 Å². The van der Waals surface area contributed by atoms with E-state index in [1.807, 2.05) is 0 Å². The maximum atomic E-state index is 8.92. The third-order valence-corrected chi connectivity index (χ3v) is 3.96. The van der Waals surface area contributed by atoms with Gasteiger partial charge in [-0.05, 0) is 38.5 Å². The van der Waals surface area contributed by atoms with Crippen molar-refractivity contribution in [2.45, 2.75) is 71.6 Å². The first-order valence-corrected chi connectivity index (χ1v) is 8.13. The van der Waals surface area contributed by atoms with Gasteiger partial charge in [0.05, 0.1) is 26.7 Å². The minimum absolute atomic E-state index is 0. The molecule has 0 aromatic heterocycles. The fourth-order valence-corrected chi connectivity index (χ4v) is 2.60. The second kappa shape index (κ2) is 14.8. The number of hydrogen-bond acceptors (Lipinski definition) is 1. The lowest BCUT2D eigenvalue weighted by Gasteiger charge is -2.35. The van der Waals surface area contributed by atoms with E-state index in [1.54, 1.807) is 0 Å². The molecule has 3 heteroatoms. The van der Waals surface area contributed by atoms with Gasteiger partial charge in [-0.1, -0.05) is 33.1 Å². The van der Waals surface area contributed by atoms with E-state index in [2.05, 4.69) is 20.9 Å². The van der Waals surface area contributed by atoms with Gasteiger partial charge < -0.3 is 26.6 Å². The zero-order valence-corrected chi connectivity index (χ0v) is 15.1. The molecule has 118 valence electrons. The Kier molecular flexibility index (Phi) is 16.9. The van der Waals surface area contributed by atoms with Crippen LogP contribution in [0.25, 0.3) is 0 Å². The molecule has 0 aromatic carbocycles. The smallest absolute Gasteiger partial charge is 0.0785 e. The highest BCUT2D eigenvalue weighted by Crippen LogP contribution is 2.13. The van der Waals surface area contributed by atoms with Gasteiger partial charge in [0, 0.05) is 6.61 Å². The van der Waals surface area contributed by atoms with Gasteiger partial charge in [0.1, 0.15) is 0 Å². The third-order valence-electron chi connectivity index (χ3n) is 3.96. The van der Waals surface area contributed by atoms with Crippen LogP contribution in [0.5, 0.6) is 0 Å². The number of nitrogens with zero attached hydrogens (tertiary/aromatic N) is 1. The number of quaternary nitrogens is 1. The number of aliphatic hydroxyl groups is 1. The highest BCUT2D eigenvalue weighted by molar-refractivity contribution is 4.47. The first-order valence-electron chi connectivity index (χ1n) is 8.13. The lowest BCUT2D eigenvalue weighted by atomic mass is 10.1. The molecule has 2 nitrogen and oxygen atoms in total. The van der Waals surface area contributed by atoms with Crippen LogP contribution in [-0.4, -0.2) is 42.9 Å². The van der Waals surface area contributed by atoms with Crippen molar-refractivity contribution >= 4 is 0 Å². The Balaban J connectivity index is 0. The fraction of sp³-hybridized carbons (Fsp3) is 1.00. The summed E-state index contributed by atoms with van der Waals surface area (Å²) < 4.78 is 1.23. The standard InChI is InChI=1S/C16H36NO.BrH/c1-4-6-8-10-14-17(3,13-9-7-5-2)15-11-12-16-18;/h18H,4-16H2,1-3H3;1H/q+1;/p-1. The number of unbranched alkanes of at least 4 members (excludes halogenated alkanes) is 6. The molecule has 1 unspecified atom stereocenters. The van der Waals surface area contributed by atoms with Crippen molar-refractivity contribution in [3.05, 3.63) is 0 Å². The first-order chi connectivity index (χ1) is 8.68. The van der Waals surface area contributed by atoms with Gasteiger partial charge >= 0.3 is 0 Å². The van der Waals surface area contributed by atoms with Crippen molar-refractivity contribution in [2.24, 2.45) is 0 Å². The summed E-state index contributed by atoms with van der Waals surface area (Å²) in [6, 6.07) is 0. The Labute approximate surface area is 131 Å². The molecule has 0 radical (unpaired) electrons. The van der Waals surface area contributed by atoms with E-state index in [0.717, 1.165) is 6.42 Å². The van der Waals surface area contributed by atoms with Crippen molar-refractivity contribution in [3.63, 3.8) is 0 Å². The molecule has 0 amide bonds. The molecule has 0 bridgehead atoms. The summed E-state index contributed by atoms with van der Waals surface area (Å²) in [6.45, 7) is 8.80. The molecule has 0 rings (SSSR count). The molecule has 1 N–H and O–H groups in total. The third kappa shape index (κ3) is 13.1. The molecule has 0 aliphatic rings. The summed E-state index contributed by atoms with van der Waals surface area (Å²) in [4.78, 5) is 0. The first kappa shape index (κ1) is 21.7. The van der Waals surface area contributed by atoms with Crippen LogP contribution in [0, 0.1) is 0 Å². The molecule has 0 saturated heterocycles. The van der Waals surface area contributed by atoms with Gasteiger partial charge in [0.2, 0.25) is 0 Å². The maximum absolute atomic E-state index is 8.92. The maximum Gasteiger partial charge on any atom is 0.0785 e. The van der Waals surface area contributed by atoms with Crippen molar-refractivity contribution in [1.82, 2.24) is 0 Å². The van der Waals surface area contributed by atoms with Crippen LogP contribution in [0.1, 0.15) is 71.6 Å². The lowest BCUT2D eigenvalue weighted by molar-refractivity contribution is -0.910. The normalized spacial score (nSPS) is 13.9. The van der Waals surface area contributed by atoms with Crippen LogP contribution in [-0.2, 0) is 0 Å². The summed E-state index contributed by atoms with van der Waals surface area (Å²) in [5, 5.41) is 8.92. The summed E-state index contributed by atoms with van der Waals surface area (Å²) >= 11 is 0. The topological polar surface area (TPSA) is 20.2 Å². The molecular formula is C16H36BrNO. The van der Waals surface area contributed by atoms with Crippen LogP contribution in [0.4, 0.5) is 0 Å². The summed E-state index contributed by atoms with van der Waals surface area (Å²) in [5.41, 5.74) is 0. The summed E-state index contributed by atoms with van der Waals surface area (Å²) in [5.74, 6) is 0. The van der Waals surface area contributed by atoms with Gasteiger partial charge in [-0.15, -0.1) is 0 Å². The van der Waals surface area contributed by atoms with Crippen molar-refractivity contribution < 1.29 is 26.6 Å². The van der Waals surface area contributed by atoms with E-state index in [9.17, 15) is 0 Å². The molecule has 19 heavy (non-hydrogen) atoms. The van der Waals surface area contributed by atoms with Crippen LogP contribution >= 0.6 is 0 Å². The highest BCUT2D eigenvalue weighted by Gasteiger charge is 2.19. The minimum atomic E-state index is 0. The lowest BCUT2D eigenvalue weighted by Crippen LogP contribution is -3.00. The zero-order chi connectivity index (χ0) is 13.7. The second-order valence-corrected chi connectivity index (χ2v) is 5.99. The summed E-state index contributed by atoms with van der Waals surface area (Å²) in [7, 11) is 2.42. The minimum Gasteiger partial charge on any atom is -1.00 e. The highest BCUT2D eigenvalue weighted by atomic mass is 79.9. The molecule has 0 saturated carbocycles. The van der Waals surface area contributed by atoms with Gasteiger partial charge in [-0.25, -0.2) is 0 Å². The Morgan fingerprint density at radius 2 is 1.11 bits per heavy atom. The van der Waals surface area contributed by atoms with Crippen molar-refractivity contribution in [3.8, 4) is 0 Å². The average Bonchev–Trinajstić information content (AvgIpc) is 2.36. The van der Waals surface area contributed by atoms with Gasteiger partial charge in [0.25, 0.3) is 0 Å². The fourth-order valence-electron chi connectivity index (χ4n) is 2.60. The van der Waals surface area contributed by atoms with E-state index in [0.29, 0.717) is 6.61 Å². The predicted octanol–water partition coefficient (Wildman–Crippen LogP) is 0.980. The Morgan fingerprint density at radius 1 is 0.684 bits per heavy atom. The summed E-state index contributed by atoms with van der Waals surface area (Å²) in [6.07, 6.45) is 11.6. The van der Waals surface area contributed by atoms with E-state index >= 15 is 0 Å². The number of aliphatic hydroxyl groups excluding tert-OH is 1. The Hall–Kier alpha value is 0.400. The van der Waals surface area contributed by atoms with E-state index in [4.69, 9.17) is 5.11 Å². The Bertz CT molecular complexity index is 166. The van der Waals surface area contributed by atoms with Crippen LogP contribution in [0.2, 0.25) is 0 Å². The quantitative estimate of drug-likeness (QED) is 0.392. The molecular weight excluding hydrogens is 302 g/mol. The van der Waals surface area contributed by atoms with Crippen LogP contribution < -0.4 is 17.0 Å². The zero-order valence-electron chi connectivity index (χ0n) is 13.5. The molecule has 0 fully saturated rings. The molecule has 0 heterocycles. The molecule has 0 aromatic rings. The largest absolute Gasteiger partial charge is 1.00 e. The van der Waals surface area contributed by atoms with Crippen LogP contribution in [0.3, 0.4) is 0 Å². The molecule has 0 spiro atoms. The number of hydrogen-bond donors (Lipinski definition) is 1. The Morgan fingerprint density at radius 3 is 1.58 bits per heavy atom. The van der Waals surface area contributed by atoms with Gasteiger partial charge in [0.15, 0.2) is 0 Å². The molecule has 0 aliphatic carbocycles. The molecule has 0 aliphatic heterocycles. The van der Waals surface area contributed by atoms with Crippen molar-refractivity contribution in [1.29, 1.82) is 0 Å². The van der Waals surface area contributed by atoms with E-state index in [-0.39, 0.29) is 17.0 Å². The molecule has 1 atom stereocenters. The van der Waals surface area contributed by atoms with Gasteiger partial charge in [-0.2, -0.15) is 0 Å². The monoisotopic (exact) mass is 337 g/mol.